The van der Waals surface area contributed by atoms with Crippen LogP contribution < -0.4 is 0 Å². The summed E-state index contributed by atoms with van der Waals surface area (Å²) in [5.74, 6) is 0. The molecule has 12 heavy (non-hydrogen) atoms. The van der Waals surface area contributed by atoms with Crippen LogP contribution in [-0.4, -0.2) is 51.8 Å². The third kappa shape index (κ3) is 1.15. The van der Waals surface area contributed by atoms with Crippen molar-refractivity contribution in [3.63, 3.8) is 0 Å². The zero-order valence-corrected chi connectivity index (χ0v) is 7.36. The van der Waals surface area contributed by atoms with Crippen molar-refractivity contribution in [1.82, 2.24) is 0 Å². The normalized spacial score (nSPS) is 46.5. The molecule has 1 unspecified atom stereocenters. The summed E-state index contributed by atoms with van der Waals surface area (Å²) in [4.78, 5) is 0. The standard InChI is InChI=1S/C8H14O4/c1-9-5-3-11-8-6(10-2)4-12-7(5)8/h5-8H,3-4H2,1-2H3/t5-,6?,7+,8+/m0/s1. The summed E-state index contributed by atoms with van der Waals surface area (Å²) in [7, 11) is 3.36. The van der Waals surface area contributed by atoms with Crippen molar-refractivity contribution >= 4 is 0 Å². The Morgan fingerprint density at radius 3 is 1.67 bits per heavy atom. The largest absolute Gasteiger partial charge is 0.376 e. The highest BCUT2D eigenvalue weighted by molar-refractivity contribution is 4.95. The molecule has 2 aliphatic heterocycles. The predicted molar refractivity (Wildman–Crippen MR) is 41.1 cm³/mol. The minimum absolute atomic E-state index is 0.0694. The number of ether oxygens (including phenoxy) is 4. The van der Waals surface area contributed by atoms with Gasteiger partial charge in [-0.2, -0.15) is 0 Å². The van der Waals surface area contributed by atoms with Crippen molar-refractivity contribution < 1.29 is 18.9 Å². The fourth-order valence-corrected chi connectivity index (χ4v) is 1.83. The van der Waals surface area contributed by atoms with Crippen LogP contribution in [0.25, 0.3) is 0 Å². The van der Waals surface area contributed by atoms with E-state index in [1.165, 1.54) is 0 Å². The van der Waals surface area contributed by atoms with Gasteiger partial charge in [-0.1, -0.05) is 0 Å². The molecule has 0 amide bonds. The van der Waals surface area contributed by atoms with Crippen molar-refractivity contribution in [1.29, 1.82) is 0 Å². The number of hydrogen-bond donors (Lipinski definition) is 0. The van der Waals surface area contributed by atoms with E-state index in [-0.39, 0.29) is 24.4 Å². The van der Waals surface area contributed by atoms with Crippen molar-refractivity contribution in [3.05, 3.63) is 0 Å². The van der Waals surface area contributed by atoms with Crippen LogP contribution in [0.15, 0.2) is 0 Å². The molecule has 0 spiro atoms. The van der Waals surface area contributed by atoms with E-state index >= 15 is 0 Å². The molecule has 0 N–H and O–H groups in total. The maximum atomic E-state index is 5.51. The number of methoxy groups -OCH3 is 2. The van der Waals surface area contributed by atoms with E-state index < -0.39 is 0 Å². The van der Waals surface area contributed by atoms with E-state index in [0.717, 1.165) is 0 Å². The summed E-state index contributed by atoms with van der Waals surface area (Å²) in [6.07, 6.45) is 0.296. The fraction of sp³-hybridized carbons (Fsp3) is 1.00. The molecule has 0 aromatic carbocycles. The molecule has 4 heteroatoms. The van der Waals surface area contributed by atoms with Gasteiger partial charge in [0.05, 0.1) is 13.2 Å². The second kappa shape index (κ2) is 3.30. The molecule has 0 aromatic heterocycles. The predicted octanol–water partition coefficient (Wildman–Crippen LogP) is -0.186. The van der Waals surface area contributed by atoms with Gasteiger partial charge in [0, 0.05) is 14.2 Å². The molecule has 4 atom stereocenters. The maximum absolute atomic E-state index is 5.51. The number of rotatable bonds is 2. The Kier molecular flexibility index (Phi) is 2.32. The molecular weight excluding hydrogens is 160 g/mol. The van der Waals surface area contributed by atoms with Crippen LogP contribution in [0.4, 0.5) is 0 Å². The molecule has 2 heterocycles. The van der Waals surface area contributed by atoms with E-state index in [0.29, 0.717) is 13.2 Å². The Bertz CT molecular complexity index is 143. The van der Waals surface area contributed by atoms with Gasteiger partial charge in [0.25, 0.3) is 0 Å². The summed E-state index contributed by atoms with van der Waals surface area (Å²) >= 11 is 0. The van der Waals surface area contributed by atoms with Crippen LogP contribution in [0.1, 0.15) is 0 Å². The Hall–Kier alpha value is -0.160. The molecule has 2 rings (SSSR count). The molecular formula is C8H14O4. The summed E-state index contributed by atoms with van der Waals surface area (Å²) in [6, 6.07) is 0. The third-order valence-electron chi connectivity index (χ3n) is 2.57. The van der Waals surface area contributed by atoms with E-state index in [1.54, 1.807) is 14.2 Å². The molecule has 2 aliphatic rings. The van der Waals surface area contributed by atoms with Gasteiger partial charge in [-0.3, -0.25) is 0 Å². The van der Waals surface area contributed by atoms with Gasteiger partial charge in [0.2, 0.25) is 0 Å². The van der Waals surface area contributed by atoms with Gasteiger partial charge in [0.15, 0.2) is 0 Å². The molecule has 0 aliphatic carbocycles. The topological polar surface area (TPSA) is 36.9 Å². The molecule has 0 radical (unpaired) electrons. The van der Waals surface area contributed by atoms with Crippen LogP contribution >= 0.6 is 0 Å². The van der Waals surface area contributed by atoms with Crippen LogP contribution in [-0.2, 0) is 18.9 Å². The lowest BCUT2D eigenvalue weighted by Gasteiger charge is -2.14. The lowest BCUT2D eigenvalue weighted by atomic mass is 10.1. The van der Waals surface area contributed by atoms with Gasteiger partial charge >= 0.3 is 0 Å². The first-order valence-corrected chi connectivity index (χ1v) is 4.15. The molecule has 0 saturated carbocycles. The lowest BCUT2D eigenvalue weighted by molar-refractivity contribution is -0.0267. The SMILES string of the molecule is COC1CO[C@@H]2[C@@H](OC)CO[C@H]12. The first-order valence-electron chi connectivity index (χ1n) is 4.15. The number of fused-ring (bicyclic) bond motifs is 1. The zero-order valence-electron chi connectivity index (χ0n) is 7.36. The molecule has 70 valence electrons. The van der Waals surface area contributed by atoms with Gasteiger partial charge < -0.3 is 18.9 Å². The summed E-state index contributed by atoms with van der Waals surface area (Å²) in [6.45, 7) is 1.23. The van der Waals surface area contributed by atoms with Gasteiger partial charge in [-0.25, -0.2) is 0 Å². The third-order valence-corrected chi connectivity index (χ3v) is 2.57. The monoisotopic (exact) mass is 174 g/mol. The van der Waals surface area contributed by atoms with Crippen LogP contribution in [0.3, 0.4) is 0 Å². The Balaban J connectivity index is 2.01. The van der Waals surface area contributed by atoms with E-state index in [9.17, 15) is 0 Å². The number of hydrogen-bond acceptors (Lipinski definition) is 4. The summed E-state index contributed by atoms with van der Waals surface area (Å²) in [5.41, 5.74) is 0. The van der Waals surface area contributed by atoms with Gasteiger partial charge in [-0.05, 0) is 0 Å². The Morgan fingerprint density at radius 1 is 0.917 bits per heavy atom. The Labute approximate surface area is 71.7 Å². The van der Waals surface area contributed by atoms with Crippen LogP contribution in [0, 0.1) is 0 Å². The smallest absolute Gasteiger partial charge is 0.115 e. The first-order chi connectivity index (χ1) is 5.86. The van der Waals surface area contributed by atoms with Crippen molar-refractivity contribution in [2.75, 3.05) is 27.4 Å². The average Bonchev–Trinajstić information content (AvgIpc) is 2.62. The summed E-state index contributed by atoms with van der Waals surface area (Å²) in [5, 5.41) is 0. The van der Waals surface area contributed by atoms with Crippen molar-refractivity contribution in [2.24, 2.45) is 0 Å². The van der Waals surface area contributed by atoms with Crippen molar-refractivity contribution in [2.45, 2.75) is 24.4 Å². The second-order valence-electron chi connectivity index (χ2n) is 3.14. The highest BCUT2D eigenvalue weighted by Gasteiger charge is 2.48. The van der Waals surface area contributed by atoms with E-state index in [4.69, 9.17) is 18.9 Å². The van der Waals surface area contributed by atoms with Crippen LogP contribution in [0.2, 0.25) is 0 Å². The highest BCUT2D eigenvalue weighted by Crippen LogP contribution is 2.29. The highest BCUT2D eigenvalue weighted by atomic mass is 16.6. The average molecular weight is 174 g/mol. The lowest BCUT2D eigenvalue weighted by Crippen LogP contribution is -2.32. The minimum Gasteiger partial charge on any atom is -0.376 e. The quantitative estimate of drug-likeness (QED) is 0.581. The molecule has 4 nitrogen and oxygen atoms in total. The van der Waals surface area contributed by atoms with Gasteiger partial charge in [0.1, 0.15) is 24.4 Å². The van der Waals surface area contributed by atoms with Crippen LogP contribution in [0.5, 0.6) is 0 Å². The zero-order chi connectivity index (χ0) is 8.55. The molecule has 2 fully saturated rings. The van der Waals surface area contributed by atoms with Crippen molar-refractivity contribution in [3.8, 4) is 0 Å². The summed E-state index contributed by atoms with van der Waals surface area (Å²) < 4.78 is 21.4. The maximum Gasteiger partial charge on any atom is 0.115 e. The van der Waals surface area contributed by atoms with E-state index in [1.807, 2.05) is 0 Å². The fourth-order valence-electron chi connectivity index (χ4n) is 1.83. The Morgan fingerprint density at radius 2 is 1.33 bits per heavy atom. The molecule has 0 aromatic rings. The van der Waals surface area contributed by atoms with Gasteiger partial charge in [-0.15, -0.1) is 0 Å². The first kappa shape index (κ1) is 8.44. The second-order valence-corrected chi connectivity index (χ2v) is 3.14. The molecule has 2 saturated heterocycles. The molecule has 0 bridgehead atoms. The van der Waals surface area contributed by atoms with E-state index in [2.05, 4.69) is 0 Å². The minimum atomic E-state index is 0.0694.